The largest absolute Gasteiger partial charge is 0.480 e. The maximum Gasteiger partial charge on any atom is 0.328 e. The van der Waals surface area contributed by atoms with Crippen molar-refractivity contribution in [2.24, 2.45) is 0 Å². The lowest BCUT2D eigenvalue weighted by atomic mass is 10.3. The molecule has 2 amide bonds. The van der Waals surface area contributed by atoms with Crippen LogP contribution in [0.1, 0.15) is 0 Å². The Morgan fingerprint density at radius 3 is 2.74 bits per heavy atom. The number of carbonyl (C=O) groups excluding carboxylic acids is 1. The topological polar surface area (TPSA) is 87.7 Å². The van der Waals surface area contributed by atoms with Crippen LogP contribution in [0, 0.1) is 5.82 Å². The summed E-state index contributed by atoms with van der Waals surface area (Å²) in [4.78, 5) is 22.3. The van der Waals surface area contributed by atoms with Crippen molar-refractivity contribution in [3.63, 3.8) is 0 Å². The molecule has 8 heteroatoms. The lowest BCUT2D eigenvalue weighted by Crippen LogP contribution is -2.45. The van der Waals surface area contributed by atoms with Crippen LogP contribution < -0.4 is 10.6 Å². The lowest BCUT2D eigenvalue weighted by Gasteiger charge is -2.14. The quantitative estimate of drug-likeness (QED) is 0.770. The van der Waals surface area contributed by atoms with Gasteiger partial charge in [-0.15, -0.1) is 0 Å². The molecule has 0 spiro atoms. The molecule has 0 heterocycles. The van der Waals surface area contributed by atoms with E-state index in [-0.39, 0.29) is 17.3 Å². The second kappa shape index (κ2) is 6.91. The number of hydrogen-bond acceptors (Lipinski definition) is 3. The van der Waals surface area contributed by atoms with E-state index < -0.39 is 23.9 Å². The molecule has 1 aromatic carbocycles. The van der Waals surface area contributed by atoms with E-state index in [1.54, 1.807) is 0 Å². The van der Waals surface area contributed by atoms with Crippen molar-refractivity contribution in [3.8, 4) is 0 Å². The molecular formula is C11H12ClFN2O4. The molecule has 1 rings (SSSR count). The first-order chi connectivity index (χ1) is 8.93. The number of hydrogen-bond donors (Lipinski definition) is 3. The standard InChI is InChI=1S/C11H12ClFN2O4/c1-19-5-9(10(16)17)15-11(18)14-8-3-2-6(13)4-7(8)12/h2-4,9H,5H2,1H3,(H,16,17)(H2,14,15,18). The number of ether oxygens (including phenoxy) is 1. The minimum absolute atomic E-state index is 0.00812. The second-order valence-electron chi connectivity index (χ2n) is 3.57. The van der Waals surface area contributed by atoms with Gasteiger partial charge in [-0.1, -0.05) is 11.6 Å². The Morgan fingerprint density at radius 2 is 2.21 bits per heavy atom. The molecule has 0 aliphatic rings. The molecular weight excluding hydrogens is 279 g/mol. The van der Waals surface area contributed by atoms with Crippen molar-refractivity contribution in [1.29, 1.82) is 0 Å². The molecule has 1 unspecified atom stereocenters. The van der Waals surface area contributed by atoms with Crippen molar-refractivity contribution in [2.45, 2.75) is 6.04 Å². The molecule has 0 saturated carbocycles. The average molecular weight is 291 g/mol. The van der Waals surface area contributed by atoms with Gasteiger partial charge in [-0.25, -0.2) is 14.0 Å². The van der Waals surface area contributed by atoms with Crippen molar-refractivity contribution in [2.75, 3.05) is 19.0 Å². The van der Waals surface area contributed by atoms with Crippen LogP contribution in [0.4, 0.5) is 14.9 Å². The third-order valence-corrected chi connectivity index (χ3v) is 2.43. The van der Waals surface area contributed by atoms with Gasteiger partial charge in [0, 0.05) is 7.11 Å². The molecule has 3 N–H and O–H groups in total. The highest BCUT2D eigenvalue weighted by molar-refractivity contribution is 6.33. The summed E-state index contributed by atoms with van der Waals surface area (Å²) in [6.07, 6.45) is 0. The molecule has 0 bridgehead atoms. The van der Waals surface area contributed by atoms with Gasteiger partial charge in [0.2, 0.25) is 0 Å². The van der Waals surface area contributed by atoms with Gasteiger partial charge in [-0.2, -0.15) is 0 Å². The summed E-state index contributed by atoms with van der Waals surface area (Å²) in [7, 11) is 1.31. The second-order valence-corrected chi connectivity index (χ2v) is 3.98. The Labute approximate surface area is 113 Å². The van der Waals surface area contributed by atoms with Crippen LogP contribution in [0.3, 0.4) is 0 Å². The van der Waals surface area contributed by atoms with E-state index in [1.807, 2.05) is 0 Å². The Balaban J connectivity index is 2.66. The Hall–Kier alpha value is -1.86. The number of carboxylic acids is 1. The summed E-state index contributed by atoms with van der Waals surface area (Å²) < 4.78 is 17.5. The molecule has 0 fully saturated rings. The van der Waals surface area contributed by atoms with Crippen LogP contribution >= 0.6 is 11.6 Å². The molecule has 0 aliphatic heterocycles. The number of methoxy groups -OCH3 is 1. The molecule has 1 atom stereocenters. The number of amides is 2. The first-order valence-corrected chi connectivity index (χ1v) is 5.56. The maximum absolute atomic E-state index is 12.8. The summed E-state index contributed by atoms with van der Waals surface area (Å²) in [6, 6.07) is 1.44. The molecule has 6 nitrogen and oxygen atoms in total. The molecule has 1 aromatic rings. The minimum atomic E-state index is -1.23. The van der Waals surface area contributed by atoms with Crippen LogP contribution in [0.25, 0.3) is 0 Å². The zero-order valence-corrected chi connectivity index (χ0v) is 10.7. The summed E-state index contributed by atoms with van der Waals surface area (Å²) in [5.41, 5.74) is 0.169. The molecule has 0 aromatic heterocycles. The van der Waals surface area contributed by atoms with Gasteiger partial charge in [-0.05, 0) is 18.2 Å². The van der Waals surface area contributed by atoms with Crippen LogP contribution in [0.5, 0.6) is 0 Å². The Kier molecular flexibility index (Phi) is 5.53. The number of carboxylic acid groups (broad SMARTS) is 1. The van der Waals surface area contributed by atoms with E-state index in [0.29, 0.717) is 0 Å². The minimum Gasteiger partial charge on any atom is -0.480 e. The summed E-state index contributed by atoms with van der Waals surface area (Å²) in [6.45, 7) is -0.181. The molecule has 19 heavy (non-hydrogen) atoms. The highest BCUT2D eigenvalue weighted by Crippen LogP contribution is 2.22. The fourth-order valence-electron chi connectivity index (χ4n) is 1.25. The zero-order valence-electron chi connectivity index (χ0n) is 9.94. The van der Waals surface area contributed by atoms with Gasteiger partial charge in [0.05, 0.1) is 17.3 Å². The van der Waals surface area contributed by atoms with E-state index in [4.69, 9.17) is 16.7 Å². The van der Waals surface area contributed by atoms with Crippen molar-refractivity contribution >= 4 is 29.3 Å². The number of aliphatic carboxylic acids is 1. The van der Waals surface area contributed by atoms with Crippen molar-refractivity contribution < 1.29 is 23.8 Å². The first-order valence-electron chi connectivity index (χ1n) is 5.18. The van der Waals surface area contributed by atoms with E-state index in [0.717, 1.165) is 12.1 Å². The van der Waals surface area contributed by atoms with Crippen molar-refractivity contribution in [3.05, 3.63) is 29.0 Å². The monoisotopic (exact) mass is 290 g/mol. The number of carbonyl (C=O) groups is 2. The summed E-state index contributed by atoms with van der Waals surface area (Å²) in [5, 5.41) is 13.3. The highest BCUT2D eigenvalue weighted by Gasteiger charge is 2.20. The van der Waals surface area contributed by atoms with Gasteiger partial charge in [-0.3, -0.25) is 0 Å². The number of halogens is 2. The van der Waals surface area contributed by atoms with Gasteiger partial charge >= 0.3 is 12.0 Å². The number of anilines is 1. The van der Waals surface area contributed by atoms with Crippen LogP contribution in [-0.4, -0.2) is 36.9 Å². The zero-order chi connectivity index (χ0) is 14.4. The van der Waals surface area contributed by atoms with Gasteiger partial charge < -0.3 is 20.5 Å². The predicted molar refractivity (Wildman–Crippen MR) is 66.9 cm³/mol. The molecule has 0 saturated heterocycles. The van der Waals surface area contributed by atoms with Gasteiger partial charge in [0.25, 0.3) is 0 Å². The Morgan fingerprint density at radius 1 is 1.53 bits per heavy atom. The first kappa shape index (κ1) is 15.2. The van der Waals surface area contributed by atoms with E-state index in [2.05, 4.69) is 15.4 Å². The molecule has 0 aliphatic carbocycles. The molecule has 0 radical (unpaired) electrons. The van der Waals surface area contributed by atoms with E-state index in [9.17, 15) is 14.0 Å². The van der Waals surface area contributed by atoms with Crippen LogP contribution in [0.15, 0.2) is 18.2 Å². The van der Waals surface area contributed by atoms with Gasteiger partial charge in [0.1, 0.15) is 5.82 Å². The lowest BCUT2D eigenvalue weighted by molar-refractivity contribution is -0.140. The predicted octanol–water partition coefficient (Wildman–Crippen LogP) is 1.70. The van der Waals surface area contributed by atoms with Crippen LogP contribution in [-0.2, 0) is 9.53 Å². The normalized spacial score (nSPS) is 11.7. The number of nitrogens with one attached hydrogen (secondary N) is 2. The summed E-state index contributed by atoms with van der Waals surface area (Å²) in [5.74, 6) is -1.78. The van der Waals surface area contributed by atoms with E-state index >= 15 is 0 Å². The Bertz CT molecular complexity index is 484. The highest BCUT2D eigenvalue weighted by atomic mass is 35.5. The van der Waals surface area contributed by atoms with E-state index in [1.165, 1.54) is 13.2 Å². The fourth-order valence-corrected chi connectivity index (χ4v) is 1.46. The number of urea groups is 1. The third-order valence-electron chi connectivity index (χ3n) is 2.12. The molecule has 104 valence electrons. The SMILES string of the molecule is COCC(NC(=O)Nc1ccc(F)cc1Cl)C(=O)O. The smallest absolute Gasteiger partial charge is 0.328 e. The average Bonchev–Trinajstić information content (AvgIpc) is 2.32. The maximum atomic E-state index is 12.8. The summed E-state index contributed by atoms with van der Waals surface area (Å²) >= 11 is 5.71. The number of benzene rings is 1. The van der Waals surface area contributed by atoms with Gasteiger partial charge in [0.15, 0.2) is 6.04 Å². The number of rotatable bonds is 5. The van der Waals surface area contributed by atoms with Crippen molar-refractivity contribution in [1.82, 2.24) is 5.32 Å². The van der Waals surface area contributed by atoms with Crippen LogP contribution in [0.2, 0.25) is 5.02 Å². The fraction of sp³-hybridized carbons (Fsp3) is 0.273. The third kappa shape index (κ3) is 4.72.